The molecule has 0 saturated carbocycles. The van der Waals surface area contributed by atoms with E-state index in [9.17, 15) is 9.90 Å². The van der Waals surface area contributed by atoms with E-state index in [2.05, 4.69) is 4.98 Å². The van der Waals surface area contributed by atoms with E-state index in [4.69, 9.17) is 5.73 Å². The van der Waals surface area contributed by atoms with Gasteiger partial charge in [-0.3, -0.25) is 4.79 Å². The Balaban J connectivity index is 2.00. The van der Waals surface area contributed by atoms with Crippen molar-refractivity contribution < 1.29 is 9.90 Å². The standard InChI is InChI=1S/C16H23N3O2/c1-11(20)7-8-19(2)16(21)14(17)9-12-10-18-15-6-4-3-5-13(12)15/h3-6,10-11,14,18,20H,7-9,17H2,1-2H3/t11?,14-/m0/s1. The van der Waals surface area contributed by atoms with Crippen LogP contribution in [-0.4, -0.2) is 46.6 Å². The minimum atomic E-state index is -0.566. The summed E-state index contributed by atoms with van der Waals surface area (Å²) in [5.74, 6) is -0.0964. The average molecular weight is 289 g/mol. The number of aliphatic hydroxyl groups is 1. The number of fused-ring (bicyclic) bond motifs is 1. The fourth-order valence-electron chi connectivity index (χ4n) is 2.40. The number of aromatic amines is 1. The normalized spacial score (nSPS) is 14.1. The Hall–Kier alpha value is -1.85. The van der Waals surface area contributed by atoms with Gasteiger partial charge in [0.15, 0.2) is 0 Å². The van der Waals surface area contributed by atoms with Gasteiger partial charge in [-0.05, 0) is 31.4 Å². The highest BCUT2D eigenvalue weighted by atomic mass is 16.3. The van der Waals surface area contributed by atoms with Crippen LogP contribution in [0.2, 0.25) is 0 Å². The molecule has 1 aromatic carbocycles. The minimum Gasteiger partial charge on any atom is -0.393 e. The van der Waals surface area contributed by atoms with Gasteiger partial charge >= 0.3 is 0 Å². The summed E-state index contributed by atoms with van der Waals surface area (Å²) < 4.78 is 0. The van der Waals surface area contributed by atoms with E-state index >= 15 is 0 Å². The van der Waals surface area contributed by atoms with Crippen LogP contribution in [0, 0.1) is 0 Å². The number of amides is 1. The van der Waals surface area contributed by atoms with Crippen molar-refractivity contribution in [2.75, 3.05) is 13.6 Å². The highest BCUT2D eigenvalue weighted by Crippen LogP contribution is 2.19. The second kappa shape index (κ2) is 6.74. The molecule has 4 N–H and O–H groups in total. The second-order valence-electron chi connectivity index (χ2n) is 5.57. The van der Waals surface area contributed by atoms with Gasteiger partial charge < -0.3 is 20.7 Å². The monoisotopic (exact) mass is 289 g/mol. The Morgan fingerprint density at radius 2 is 2.14 bits per heavy atom. The molecule has 1 unspecified atom stereocenters. The van der Waals surface area contributed by atoms with E-state index in [1.54, 1.807) is 18.9 Å². The number of H-pyrrole nitrogens is 1. The zero-order chi connectivity index (χ0) is 15.4. The molecule has 0 fully saturated rings. The lowest BCUT2D eigenvalue weighted by atomic mass is 10.0. The molecule has 0 aliphatic carbocycles. The predicted octanol–water partition coefficient (Wildman–Crippen LogP) is 1.27. The van der Waals surface area contributed by atoms with Crippen molar-refractivity contribution in [2.24, 2.45) is 5.73 Å². The Morgan fingerprint density at radius 3 is 2.86 bits per heavy atom. The van der Waals surface area contributed by atoms with E-state index in [1.807, 2.05) is 30.5 Å². The fraction of sp³-hybridized carbons (Fsp3) is 0.438. The van der Waals surface area contributed by atoms with Crippen LogP contribution < -0.4 is 5.73 Å². The van der Waals surface area contributed by atoms with Crippen LogP contribution in [0.3, 0.4) is 0 Å². The third-order valence-electron chi connectivity index (χ3n) is 3.69. The zero-order valence-corrected chi connectivity index (χ0v) is 12.5. The number of nitrogens with one attached hydrogen (secondary N) is 1. The number of rotatable bonds is 6. The van der Waals surface area contributed by atoms with Crippen LogP contribution in [0.25, 0.3) is 10.9 Å². The molecule has 5 nitrogen and oxygen atoms in total. The van der Waals surface area contributed by atoms with Crippen molar-refractivity contribution in [1.82, 2.24) is 9.88 Å². The number of carbonyl (C=O) groups is 1. The third-order valence-corrected chi connectivity index (χ3v) is 3.69. The third kappa shape index (κ3) is 3.83. The number of hydrogen-bond donors (Lipinski definition) is 3. The van der Waals surface area contributed by atoms with Crippen molar-refractivity contribution in [2.45, 2.75) is 31.9 Å². The Labute approximate surface area is 124 Å². The molecule has 0 aliphatic rings. The predicted molar refractivity (Wildman–Crippen MR) is 83.9 cm³/mol. The lowest BCUT2D eigenvalue weighted by molar-refractivity contribution is -0.131. The number of para-hydroxylation sites is 1. The van der Waals surface area contributed by atoms with Crippen LogP contribution in [0.15, 0.2) is 30.5 Å². The molecule has 2 rings (SSSR count). The van der Waals surface area contributed by atoms with E-state index in [0.29, 0.717) is 19.4 Å². The Bertz CT molecular complexity index is 606. The van der Waals surface area contributed by atoms with Crippen molar-refractivity contribution >= 4 is 16.8 Å². The number of aromatic nitrogens is 1. The molecule has 2 atom stereocenters. The van der Waals surface area contributed by atoms with Gasteiger partial charge in [0.1, 0.15) is 0 Å². The molecule has 1 heterocycles. The Morgan fingerprint density at radius 1 is 1.43 bits per heavy atom. The van der Waals surface area contributed by atoms with Crippen LogP contribution in [-0.2, 0) is 11.2 Å². The summed E-state index contributed by atoms with van der Waals surface area (Å²) in [5.41, 5.74) is 8.14. The highest BCUT2D eigenvalue weighted by molar-refractivity contribution is 5.86. The summed E-state index contributed by atoms with van der Waals surface area (Å²) in [6.45, 7) is 2.22. The van der Waals surface area contributed by atoms with Crippen molar-refractivity contribution in [3.05, 3.63) is 36.0 Å². The molecule has 0 saturated heterocycles. The zero-order valence-electron chi connectivity index (χ0n) is 12.5. The maximum atomic E-state index is 12.2. The summed E-state index contributed by atoms with van der Waals surface area (Å²) in [6.07, 6.45) is 2.56. The van der Waals surface area contributed by atoms with Crippen molar-refractivity contribution in [3.8, 4) is 0 Å². The number of nitrogens with zero attached hydrogens (tertiary/aromatic N) is 1. The molecule has 5 heteroatoms. The largest absolute Gasteiger partial charge is 0.393 e. The topological polar surface area (TPSA) is 82.3 Å². The lowest BCUT2D eigenvalue weighted by Gasteiger charge is -2.21. The molecule has 1 aromatic heterocycles. The number of aliphatic hydroxyl groups excluding tert-OH is 1. The van der Waals surface area contributed by atoms with Crippen LogP contribution in [0.4, 0.5) is 0 Å². The first-order valence-corrected chi connectivity index (χ1v) is 7.22. The smallest absolute Gasteiger partial charge is 0.239 e. The van der Waals surface area contributed by atoms with Gasteiger partial charge in [0.05, 0.1) is 12.1 Å². The van der Waals surface area contributed by atoms with E-state index < -0.39 is 12.1 Å². The first-order valence-electron chi connectivity index (χ1n) is 7.22. The number of hydrogen-bond acceptors (Lipinski definition) is 3. The van der Waals surface area contributed by atoms with Crippen LogP contribution in [0.1, 0.15) is 18.9 Å². The number of likely N-dealkylation sites (N-methyl/N-ethyl adjacent to an activating group) is 1. The average Bonchev–Trinajstić information content (AvgIpc) is 2.87. The first kappa shape index (κ1) is 15.5. The van der Waals surface area contributed by atoms with Gasteiger partial charge in [-0.25, -0.2) is 0 Å². The molecule has 1 amide bonds. The van der Waals surface area contributed by atoms with Gasteiger partial charge in [0.2, 0.25) is 5.91 Å². The summed E-state index contributed by atoms with van der Waals surface area (Å²) in [4.78, 5) is 17.0. The molecular formula is C16H23N3O2. The minimum absolute atomic E-state index is 0.0964. The van der Waals surface area contributed by atoms with Crippen LogP contribution >= 0.6 is 0 Å². The molecule has 0 aliphatic heterocycles. The van der Waals surface area contributed by atoms with Crippen molar-refractivity contribution in [3.63, 3.8) is 0 Å². The van der Waals surface area contributed by atoms with E-state index in [1.165, 1.54) is 0 Å². The second-order valence-corrected chi connectivity index (χ2v) is 5.57. The SMILES string of the molecule is CC(O)CCN(C)C(=O)[C@@H](N)Cc1c[nH]c2ccccc12. The number of carbonyl (C=O) groups excluding carboxylic acids is 1. The van der Waals surface area contributed by atoms with Crippen LogP contribution in [0.5, 0.6) is 0 Å². The fourth-order valence-corrected chi connectivity index (χ4v) is 2.40. The van der Waals surface area contributed by atoms with Gasteiger partial charge in [-0.2, -0.15) is 0 Å². The molecule has 0 spiro atoms. The lowest BCUT2D eigenvalue weighted by Crippen LogP contribution is -2.43. The van der Waals surface area contributed by atoms with Gasteiger partial charge in [-0.15, -0.1) is 0 Å². The molecule has 0 bridgehead atoms. The molecule has 114 valence electrons. The molecule has 2 aromatic rings. The Kier molecular flexibility index (Phi) is 4.98. The summed E-state index contributed by atoms with van der Waals surface area (Å²) >= 11 is 0. The quantitative estimate of drug-likeness (QED) is 0.749. The summed E-state index contributed by atoms with van der Waals surface area (Å²) in [5, 5.41) is 10.4. The molecule has 21 heavy (non-hydrogen) atoms. The number of benzene rings is 1. The van der Waals surface area contributed by atoms with Gasteiger partial charge in [-0.1, -0.05) is 18.2 Å². The maximum Gasteiger partial charge on any atom is 0.239 e. The first-order chi connectivity index (χ1) is 9.99. The number of nitrogens with two attached hydrogens (primary N) is 1. The maximum absolute atomic E-state index is 12.2. The van der Waals surface area contributed by atoms with Gasteiger partial charge in [0, 0.05) is 30.7 Å². The van der Waals surface area contributed by atoms with Crippen molar-refractivity contribution in [1.29, 1.82) is 0 Å². The molecule has 0 radical (unpaired) electrons. The highest BCUT2D eigenvalue weighted by Gasteiger charge is 2.19. The van der Waals surface area contributed by atoms with Gasteiger partial charge in [0.25, 0.3) is 0 Å². The summed E-state index contributed by atoms with van der Waals surface area (Å²) in [6, 6.07) is 7.40. The van der Waals surface area contributed by atoms with E-state index in [-0.39, 0.29) is 5.91 Å². The molecular weight excluding hydrogens is 266 g/mol. The summed E-state index contributed by atoms with van der Waals surface area (Å²) in [7, 11) is 1.72. The van der Waals surface area contributed by atoms with E-state index in [0.717, 1.165) is 16.5 Å².